The molecule has 0 bridgehead atoms. The Kier molecular flexibility index (Phi) is 7.57. The Morgan fingerprint density at radius 2 is 2.21 bits per heavy atom. The fourth-order valence-electron chi connectivity index (χ4n) is 1.57. The summed E-state index contributed by atoms with van der Waals surface area (Å²) in [5.74, 6) is 1.45. The van der Waals surface area contributed by atoms with Crippen LogP contribution in [0.1, 0.15) is 10.6 Å². The van der Waals surface area contributed by atoms with Crippen molar-refractivity contribution in [1.82, 2.24) is 5.32 Å². The van der Waals surface area contributed by atoms with Gasteiger partial charge in [0.25, 0.3) is 0 Å². The van der Waals surface area contributed by atoms with Gasteiger partial charge in [-0.05, 0) is 23.6 Å². The van der Waals surface area contributed by atoms with E-state index in [-0.39, 0.29) is 24.0 Å². The molecule has 4 nitrogen and oxygen atoms in total. The third kappa shape index (κ3) is 6.11. The van der Waals surface area contributed by atoms with Crippen molar-refractivity contribution < 1.29 is 4.42 Å². The van der Waals surface area contributed by atoms with Gasteiger partial charge in [-0.1, -0.05) is 6.07 Å². The summed E-state index contributed by atoms with van der Waals surface area (Å²) in [6, 6.07) is 8.00. The highest BCUT2D eigenvalue weighted by atomic mass is 127. The molecule has 19 heavy (non-hydrogen) atoms. The molecular formula is C13H18IN3OS. The van der Waals surface area contributed by atoms with E-state index in [4.69, 9.17) is 10.2 Å². The van der Waals surface area contributed by atoms with Gasteiger partial charge in [-0.2, -0.15) is 0 Å². The number of nitrogens with two attached hydrogens (primary N) is 1. The molecule has 0 aliphatic rings. The van der Waals surface area contributed by atoms with E-state index in [0.717, 1.165) is 31.7 Å². The minimum absolute atomic E-state index is 0. The molecule has 0 fully saturated rings. The summed E-state index contributed by atoms with van der Waals surface area (Å²) >= 11 is 1.75. The van der Waals surface area contributed by atoms with Crippen molar-refractivity contribution in [3.63, 3.8) is 0 Å². The predicted molar refractivity (Wildman–Crippen MR) is 90.3 cm³/mol. The van der Waals surface area contributed by atoms with Gasteiger partial charge < -0.3 is 15.5 Å². The van der Waals surface area contributed by atoms with Crippen molar-refractivity contribution >= 4 is 41.3 Å². The number of nitrogens with one attached hydrogen (secondary N) is 1. The summed E-state index contributed by atoms with van der Waals surface area (Å²) in [5.41, 5.74) is 5.76. The largest absolute Gasteiger partial charge is 0.469 e. The van der Waals surface area contributed by atoms with Crippen LogP contribution in [0.3, 0.4) is 0 Å². The molecule has 2 rings (SSSR count). The van der Waals surface area contributed by atoms with Gasteiger partial charge in [0.15, 0.2) is 5.96 Å². The lowest BCUT2D eigenvalue weighted by Gasteiger charge is -2.03. The highest BCUT2D eigenvalue weighted by molar-refractivity contribution is 14.0. The van der Waals surface area contributed by atoms with E-state index in [9.17, 15) is 0 Å². The molecule has 0 aromatic carbocycles. The molecular weight excluding hydrogens is 373 g/mol. The van der Waals surface area contributed by atoms with Gasteiger partial charge in [-0.15, -0.1) is 35.3 Å². The van der Waals surface area contributed by atoms with Crippen LogP contribution in [-0.4, -0.2) is 19.0 Å². The van der Waals surface area contributed by atoms with Crippen LogP contribution < -0.4 is 11.1 Å². The predicted octanol–water partition coefficient (Wildman–Crippen LogP) is 2.65. The molecule has 0 aliphatic heterocycles. The molecule has 104 valence electrons. The highest BCUT2D eigenvalue weighted by Crippen LogP contribution is 2.08. The average Bonchev–Trinajstić information content (AvgIpc) is 3.01. The zero-order valence-corrected chi connectivity index (χ0v) is 13.7. The second kappa shape index (κ2) is 8.98. The first-order chi connectivity index (χ1) is 8.84. The molecule has 0 saturated carbocycles. The van der Waals surface area contributed by atoms with Gasteiger partial charge in [-0.3, -0.25) is 4.99 Å². The van der Waals surface area contributed by atoms with E-state index in [1.165, 1.54) is 4.88 Å². The average molecular weight is 391 g/mol. The van der Waals surface area contributed by atoms with Gasteiger partial charge >= 0.3 is 0 Å². The first-order valence-electron chi connectivity index (χ1n) is 5.93. The second-order valence-electron chi connectivity index (χ2n) is 3.85. The molecule has 3 N–H and O–H groups in total. The van der Waals surface area contributed by atoms with Crippen LogP contribution in [0, 0.1) is 0 Å². The van der Waals surface area contributed by atoms with Gasteiger partial charge in [0.2, 0.25) is 0 Å². The number of guanidine groups is 1. The van der Waals surface area contributed by atoms with Crippen molar-refractivity contribution in [3.05, 3.63) is 46.5 Å². The molecule has 0 atom stereocenters. The maximum atomic E-state index is 5.76. The van der Waals surface area contributed by atoms with Crippen LogP contribution in [0.15, 0.2) is 45.3 Å². The van der Waals surface area contributed by atoms with E-state index in [1.54, 1.807) is 17.6 Å². The van der Waals surface area contributed by atoms with Crippen LogP contribution in [0.4, 0.5) is 0 Å². The standard InChI is InChI=1S/C13H17N3OS.HI/c14-13(15-7-5-11-3-1-9-17-11)16-8-6-12-4-2-10-18-12;/h1-4,9-10H,5-8H2,(H3,14,15,16);1H. The minimum atomic E-state index is 0. The summed E-state index contributed by atoms with van der Waals surface area (Å²) in [6.45, 7) is 1.46. The Labute approximate surface area is 134 Å². The lowest BCUT2D eigenvalue weighted by molar-refractivity contribution is 0.507. The van der Waals surface area contributed by atoms with Crippen LogP contribution in [-0.2, 0) is 12.8 Å². The first kappa shape index (κ1) is 16.0. The van der Waals surface area contributed by atoms with Crippen molar-refractivity contribution in [1.29, 1.82) is 0 Å². The molecule has 0 unspecified atom stereocenters. The van der Waals surface area contributed by atoms with Gasteiger partial charge in [0.1, 0.15) is 5.76 Å². The minimum Gasteiger partial charge on any atom is -0.469 e. The summed E-state index contributed by atoms with van der Waals surface area (Å²) in [6.07, 6.45) is 3.43. The SMILES string of the molecule is I.NC(=NCCc1cccs1)NCCc1ccco1. The van der Waals surface area contributed by atoms with Crippen LogP contribution in [0.25, 0.3) is 0 Å². The first-order valence-corrected chi connectivity index (χ1v) is 6.81. The maximum absolute atomic E-state index is 5.76. The van der Waals surface area contributed by atoms with E-state index in [0.29, 0.717) is 5.96 Å². The number of nitrogens with zero attached hydrogens (tertiary/aromatic N) is 1. The smallest absolute Gasteiger partial charge is 0.188 e. The Bertz CT molecular complexity index is 468. The number of rotatable bonds is 6. The summed E-state index contributed by atoms with van der Waals surface area (Å²) in [7, 11) is 0. The molecule has 2 heterocycles. The molecule has 6 heteroatoms. The number of hydrogen-bond donors (Lipinski definition) is 2. The number of furan rings is 1. The van der Waals surface area contributed by atoms with E-state index in [2.05, 4.69) is 27.8 Å². The van der Waals surface area contributed by atoms with Crippen molar-refractivity contribution in [2.75, 3.05) is 13.1 Å². The normalized spacial score (nSPS) is 11.1. The fraction of sp³-hybridized carbons (Fsp3) is 0.308. The monoisotopic (exact) mass is 391 g/mol. The molecule has 2 aromatic heterocycles. The number of halogens is 1. The highest BCUT2D eigenvalue weighted by Gasteiger charge is 1.97. The Hall–Kier alpha value is -1.02. The third-order valence-electron chi connectivity index (χ3n) is 2.48. The third-order valence-corrected chi connectivity index (χ3v) is 3.41. The van der Waals surface area contributed by atoms with Gasteiger partial charge in [-0.25, -0.2) is 0 Å². The zero-order chi connectivity index (χ0) is 12.6. The topological polar surface area (TPSA) is 63.5 Å². The van der Waals surface area contributed by atoms with E-state index >= 15 is 0 Å². The lowest BCUT2D eigenvalue weighted by Crippen LogP contribution is -2.33. The summed E-state index contributed by atoms with van der Waals surface area (Å²) < 4.78 is 5.23. The number of hydrogen-bond acceptors (Lipinski definition) is 3. The van der Waals surface area contributed by atoms with Gasteiger partial charge in [0, 0.05) is 30.8 Å². The summed E-state index contributed by atoms with van der Waals surface area (Å²) in [4.78, 5) is 5.61. The van der Waals surface area contributed by atoms with Crippen molar-refractivity contribution in [3.8, 4) is 0 Å². The Morgan fingerprint density at radius 3 is 2.89 bits per heavy atom. The lowest BCUT2D eigenvalue weighted by atomic mass is 10.3. The van der Waals surface area contributed by atoms with Crippen molar-refractivity contribution in [2.24, 2.45) is 10.7 Å². The van der Waals surface area contributed by atoms with Gasteiger partial charge in [0.05, 0.1) is 6.26 Å². The van der Waals surface area contributed by atoms with Crippen molar-refractivity contribution in [2.45, 2.75) is 12.8 Å². The Morgan fingerprint density at radius 1 is 1.32 bits per heavy atom. The van der Waals surface area contributed by atoms with E-state index in [1.807, 2.05) is 12.1 Å². The van der Waals surface area contributed by atoms with Crippen LogP contribution in [0.5, 0.6) is 0 Å². The summed E-state index contributed by atoms with van der Waals surface area (Å²) in [5, 5.41) is 5.15. The molecule has 2 aromatic rings. The molecule has 0 radical (unpaired) electrons. The molecule has 0 aliphatic carbocycles. The quantitative estimate of drug-likeness (QED) is 0.452. The second-order valence-corrected chi connectivity index (χ2v) is 4.88. The maximum Gasteiger partial charge on any atom is 0.188 e. The van der Waals surface area contributed by atoms with Crippen LogP contribution in [0.2, 0.25) is 0 Å². The van der Waals surface area contributed by atoms with E-state index < -0.39 is 0 Å². The molecule has 0 saturated heterocycles. The fourth-order valence-corrected chi connectivity index (χ4v) is 2.26. The zero-order valence-electron chi connectivity index (χ0n) is 10.5. The van der Waals surface area contributed by atoms with Crippen LogP contribution >= 0.6 is 35.3 Å². The Balaban J connectivity index is 0.00000180. The number of thiophene rings is 1. The number of aliphatic imine (C=N–C) groups is 1. The molecule has 0 amide bonds. The molecule has 0 spiro atoms.